The number of hydrogen-bond acceptors (Lipinski definition) is 2. The van der Waals surface area contributed by atoms with E-state index in [4.69, 9.17) is 0 Å². The minimum absolute atomic E-state index is 0.404. The summed E-state index contributed by atoms with van der Waals surface area (Å²) in [4.78, 5) is 0. The third-order valence-electron chi connectivity index (χ3n) is 2.85. The molecule has 84 valence electrons. The molecule has 0 aliphatic heterocycles. The second-order valence-corrected chi connectivity index (χ2v) is 4.87. The van der Waals surface area contributed by atoms with Gasteiger partial charge in [0, 0.05) is 12.6 Å². The molecule has 1 aromatic heterocycles. The minimum Gasteiger partial charge on any atom is -0.306 e. The first-order valence-corrected chi connectivity index (χ1v) is 6.51. The second kappa shape index (κ2) is 5.28. The molecule has 1 heterocycles. The van der Waals surface area contributed by atoms with Gasteiger partial charge >= 0.3 is 0 Å². The average molecular weight is 231 g/mol. The third kappa shape index (κ3) is 2.71. The number of hydrogen-bond donors (Lipinski definition) is 1. The zero-order valence-corrected chi connectivity index (χ0v) is 10.6. The molecule has 0 bridgehead atoms. The predicted octanol–water partition coefficient (Wildman–Crippen LogP) is 3.91. The van der Waals surface area contributed by atoms with Gasteiger partial charge in [-0.05, 0) is 47.4 Å². The highest BCUT2D eigenvalue weighted by Gasteiger charge is 2.06. The Morgan fingerprint density at radius 3 is 2.75 bits per heavy atom. The Morgan fingerprint density at radius 2 is 2.06 bits per heavy atom. The van der Waals surface area contributed by atoms with Crippen molar-refractivity contribution in [2.45, 2.75) is 26.4 Å². The summed E-state index contributed by atoms with van der Waals surface area (Å²) in [5.74, 6) is 0. The third-order valence-corrected chi connectivity index (χ3v) is 3.58. The van der Waals surface area contributed by atoms with E-state index in [2.05, 4.69) is 60.3 Å². The van der Waals surface area contributed by atoms with Crippen LogP contribution in [-0.2, 0) is 6.54 Å². The van der Waals surface area contributed by atoms with Crippen molar-refractivity contribution in [3.63, 3.8) is 0 Å². The van der Waals surface area contributed by atoms with Crippen LogP contribution in [0.15, 0.2) is 41.1 Å². The molecule has 2 aromatic rings. The van der Waals surface area contributed by atoms with E-state index in [9.17, 15) is 0 Å². The van der Waals surface area contributed by atoms with E-state index in [-0.39, 0.29) is 0 Å². The summed E-state index contributed by atoms with van der Waals surface area (Å²) in [7, 11) is 0. The highest BCUT2D eigenvalue weighted by atomic mass is 32.1. The van der Waals surface area contributed by atoms with Gasteiger partial charge in [0.1, 0.15) is 0 Å². The van der Waals surface area contributed by atoms with Crippen LogP contribution in [0.5, 0.6) is 0 Å². The van der Waals surface area contributed by atoms with Crippen molar-refractivity contribution in [1.29, 1.82) is 0 Å². The van der Waals surface area contributed by atoms with Crippen LogP contribution in [0.2, 0.25) is 0 Å². The molecule has 0 aliphatic carbocycles. The lowest BCUT2D eigenvalue weighted by Gasteiger charge is -2.16. The van der Waals surface area contributed by atoms with Crippen LogP contribution in [0.4, 0.5) is 0 Å². The van der Waals surface area contributed by atoms with Gasteiger partial charge in [-0.3, -0.25) is 0 Å². The van der Waals surface area contributed by atoms with Gasteiger partial charge in [0.15, 0.2) is 0 Å². The number of thiophene rings is 1. The van der Waals surface area contributed by atoms with Crippen LogP contribution in [0.1, 0.15) is 29.7 Å². The molecule has 2 rings (SSSR count). The molecule has 0 radical (unpaired) electrons. The molecule has 1 N–H and O–H groups in total. The van der Waals surface area contributed by atoms with Crippen LogP contribution in [0, 0.1) is 6.92 Å². The van der Waals surface area contributed by atoms with Gasteiger partial charge in [-0.15, -0.1) is 0 Å². The lowest BCUT2D eigenvalue weighted by Crippen LogP contribution is -2.18. The van der Waals surface area contributed by atoms with Gasteiger partial charge in [0.05, 0.1) is 0 Å². The first-order valence-electron chi connectivity index (χ1n) is 5.57. The van der Waals surface area contributed by atoms with Crippen molar-refractivity contribution in [1.82, 2.24) is 5.32 Å². The van der Waals surface area contributed by atoms with Crippen LogP contribution in [-0.4, -0.2) is 0 Å². The maximum Gasteiger partial charge on any atom is 0.0297 e. The molecule has 0 spiro atoms. The lowest BCUT2D eigenvalue weighted by atomic mass is 10.0. The molecule has 0 amide bonds. The van der Waals surface area contributed by atoms with Gasteiger partial charge in [-0.25, -0.2) is 0 Å². The molecule has 16 heavy (non-hydrogen) atoms. The second-order valence-electron chi connectivity index (χ2n) is 4.09. The molecular formula is C14H17NS. The maximum absolute atomic E-state index is 3.55. The number of rotatable bonds is 4. The average Bonchev–Trinajstić information content (AvgIpc) is 2.79. The topological polar surface area (TPSA) is 12.0 Å². The number of benzene rings is 1. The van der Waals surface area contributed by atoms with E-state index in [1.807, 2.05) is 0 Å². The van der Waals surface area contributed by atoms with E-state index in [0.717, 1.165) is 6.54 Å². The van der Waals surface area contributed by atoms with Crippen LogP contribution in [0.3, 0.4) is 0 Å². The summed E-state index contributed by atoms with van der Waals surface area (Å²) in [6, 6.07) is 11.1. The van der Waals surface area contributed by atoms with Gasteiger partial charge in [-0.1, -0.05) is 24.3 Å². The summed E-state index contributed by atoms with van der Waals surface area (Å²) >= 11 is 1.75. The summed E-state index contributed by atoms with van der Waals surface area (Å²) in [6.45, 7) is 5.33. The van der Waals surface area contributed by atoms with Crippen molar-refractivity contribution in [2.24, 2.45) is 0 Å². The van der Waals surface area contributed by atoms with Crippen molar-refractivity contribution >= 4 is 11.3 Å². The largest absolute Gasteiger partial charge is 0.306 e. The number of aryl methyl sites for hydroxylation is 1. The molecule has 1 atom stereocenters. The van der Waals surface area contributed by atoms with Gasteiger partial charge in [0.2, 0.25) is 0 Å². The van der Waals surface area contributed by atoms with E-state index >= 15 is 0 Å². The van der Waals surface area contributed by atoms with Crippen LogP contribution in [0.25, 0.3) is 0 Å². The fourth-order valence-corrected chi connectivity index (χ4v) is 2.52. The van der Waals surface area contributed by atoms with E-state index in [1.54, 1.807) is 11.3 Å². The first-order chi connectivity index (χ1) is 7.77. The van der Waals surface area contributed by atoms with Gasteiger partial charge in [0.25, 0.3) is 0 Å². The normalized spacial score (nSPS) is 12.6. The van der Waals surface area contributed by atoms with E-state index in [1.165, 1.54) is 16.7 Å². The fraction of sp³-hybridized carbons (Fsp3) is 0.286. The lowest BCUT2D eigenvalue weighted by molar-refractivity contribution is 0.573. The predicted molar refractivity (Wildman–Crippen MR) is 70.8 cm³/mol. The summed E-state index contributed by atoms with van der Waals surface area (Å²) in [5, 5.41) is 7.86. The Hall–Kier alpha value is -1.12. The molecule has 0 saturated carbocycles. The molecule has 2 heteroatoms. The molecule has 0 saturated heterocycles. The van der Waals surface area contributed by atoms with Crippen LogP contribution < -0.4 is 5.32 Å². The maximum atomic E-state index is 3.55. The summed E-state index contributed by atoms with van der Waals surface area (Å²) in [6.07, 6.45) is 0. The highest BCUT2D eigenvalue weighted by Crippen LogP contribution is 2.17. The minimum atomic E-state index is 0.404. The fourth-order valence-electron chi connectivity index (χ4n) is 1.85. The summed E-state index contributed by atoms with van der Waals surface area (Å²) in [5.41, 5.74) is 4.11. The van der Waals surface area contributed by atoms with Crippen molar-refractivity contribution in [2.75, 3.05) is 0 Å². The zero-order valence-electron chi connectivity index (χ0n) is 9.73. The monoisotopic (exact) mass is 231 g/mol. The molecule has 0 aliphatic rings. The van der Waals surface area contributed by atoms with Gasteiger partial charge < -0.3 is 5.32 Å². The van der Waals surface area contributed by atoms with Crippen LogP contribution >= 0.6 is 11.3 Å². The molecular weight excluding hydrogens is 214 g/mol. The molecule has 1 aromatic carbocycles. The van der Waals surface area contributed by atoms with Crippen molar-refractivity contribution in [3.05, 3.63) is 57.8 Å². The van der Waals surface area contributed by atoms with E-state index < -0.39 is 0 Å². The highest BCUT2D eigenvalue weighted by molar-refractivity contribution is 7.07. The SMILES string of the molecule is Cc1ccccc1[C@@H](C)NCc1ccsc1. The van der Waals surface area contributed by atoms with E-state index in [0.29, 0.717) is 6.04 Å². The molecule has 1 nitrogen and oxygen atoms in total. The molecule has 0 fully saturated rings. The van der Waals surface area contributed by atoms with Gasteiger partial charge in [-0.2, -0.15) is 11.3 Å². The zero-order chi connectivity index (χ0) is 11.4. The smallest absolute Gasteiger partial charge is 0.0297 e. The van der Waals surface area contributed by atoms with Crippen molar-refractivity contribution in [3.8, 4) is 0 Å². The van der Waals surface area contributed by atoms with Crippen molar-refractivity contribution < 1.29 is 0 Å². The Kier molecular flexibility index (Phi) is 3.75. The quantitative estimate of drug-likeness (QED) is 0.841. The summed E-state index contributed by atoms with van der Waals surface area (Å²) < 4.78 is 0. The Morgan fingerprint density at radius 1 is 1.25 bits per heavy atom. The standard InChI is InChI=1S/C14H17NS/c1-11-5-3-4-6-14(11)12(2)15-9-13-7-8-16-10-13/h3-8,10,12,15H,9H2,1-2H3/t12-/m1/s1. The Bertz CT molecular complexity index is 434. The Balaban J connectivity index is 1.98. The Labute approximate surface area is 101 Å². The first kappa shape index (κ1) is 11.4. The molecule has 0 unspecified atom stereocenters. The number of nitrogens with one attached hydrogen (secondary N) is 1.